The Morgan fingerprint density at radius 2 is 1.96 bits per heavy atom. The summed E-state index contributed by atoms with van der Waals surface area (Å²) < 4.78 is 2.39. The molecule has 0 saturated carbocycles. The summed E-state index contributed by atoms with van der Waals surface area (Å²) in [5.74, 6) is 0.00994. The molecule has 0 atom stereocenters. The maximum Gasteiger partial charge on any atom is 0.295 e. The molecule has 2 aromatic heterocycles. The smallest absolute Gasteiger partial charge is 0.295 e. The Morgan fingerprint density at radius 3 is 2.65 bits per heavy atom. The number of nitrogens with one attached hydrogen (secondary N) is 1. The third-order valence-corrected chi connectivity index (χ3v) is 4.07. The third-order valence-electron chi connectivity index (χ3n) is 3.31. The minimum Gasteiger partial charge on any atom is -0.318 e. The molecule has 23 heavy (non-hydrogen) atoms. The lowest BCUT2D eigenvalue weighted by Gasteiger charge is -2.09. The zero-order chi connectivity index (χ0) is 16.7. The van der Waals surface area contributed by atoms with Gasteiger partial charge in [-0.3, -0.25) is 4.79 Å². The van der Waals surface area contributed by atoms with E-state index in [4.69, 9.17) is 11.6 Å². The van der Waals surface area contributed by atoms with Crippen LogP contribution in [-0.4, -0.2) is 25.5 Å². The summed E-state index contributed by atoms with van der Waals surface area (Å²) in [4.78, 5) is 20.9. The molecule has 0 fully saturated rings. The van der Waals surface area contributed by atoms with Crippen LogP contribution in [0, 0.1) is 20.8 Å². The summed E-state index contributed by atoms with van der Waals surface area (Å²) in [5, 5.41) is 7.41. The van der Waals surface area contributed by atoms with Crippen molar-refractivity contribution in [2.75, 3.05) is 5.32 Å². The predicted octanol–water partition coefficient (Wildman–Crippen LogP) is 3.72. The van der Waals surface area contributed by atoms with Crippen LogP contribution in [0.5, 0.6) is 0 Å². The maximum absolute atomic E-state index is 12.4. The van der Waals surface area contributed by atoms with Crippen LogP contribution in [0.4, 0.5) is 5.69 Å². The van der Waals surface area contributed by atoms with Gasteiger partial charge in [0, 0.05) is 15.9 Å². The van der Waals surface area contributed by atoms with Crippen molar-refractivity contribution in [1.29, 1.82) is 0 Å². The quantitative estimate of drug-likeness (QED) is 0.719. The van der Waals surface area contributed by atoms with Crippen LogP contribution in [0.3, 0.4) is 0 Å². The Hall–Kier alpha value is -1.99. The molecule has 0 radical (unpaired) electrons. The monoisotopic (exact) mass is 393 g/mol. The molecule has 0 spiro atoms. The summed E-state index contributed by atoms with van der Waals surface area (Å²) in [6.45, 7) is 5.61. The summed E-state index contributed by atoms with van der Waals surface area (Å²) in [6.07, 6.45) is 0. The van der Waals surface area contributed by atoms with Gasteiger partial charge in [0.25, 0.3) is 11.7 Å². The van der Waals surface area contributed by atoms with Gasteiger partial charge in [0.05, 0.1) is 10.7 Å². The minimum atomic E-state index is -0.431. The van der Waals surface area contributed by atoms with Crippen molar-refractivity contribution in [3.63, 3.8) is 0 Å². The van der Waals surface area contributed by atoms with Gasteiger partial charge in [0.2, 0.25) is 5.82 Å². The van der Waals surface area contributed by atoms with Gasteiger partial charge in [0.15, 0.2) is 0 Å². The van der Waals surface area contributed by atoms with Gasteiger partial charge in [-0.25, -0.2) is 9.50 Å². The van der Waals surface area contributed by atoms with Crippen LogP contribution in [0.15, 0.2) is 22.7 Å². The van der Waals surface area contributed by atoms with Gasteiger partial charge in [-0.1, -0.05) is 27.5 Å². The number of fused-ring (bicyclic) bond motifs is 1. The van der Waals surface area contributed by atoms with Crippen molar-refractivity contribution in [1.82, 2.24) is 19.6 Å². The topological polar surface area (TPSA) is 72.2 Å². The number of carbonyl (C=O) groups is 1. The molecule has 0 aliphatic heterocycles. The van der Waals surface area contributed by atoms with Gasteiger partial charge in [-0.05, 0) is 44.5 Å². The molecule has 0 bridgehead atoms. The minimum absolute atomic E-state index is 0.0459. The third kappa shape index (κ3) is 3.07. The Kier molecular flexibility index (Phi) is 4.08. The fraction of sp³-hybridized carbons (Fsp3) is 0.200. The molecule has 0 unspecified atom stereocenters. The molecule has 3 rings (SSSR count). The van der Waals surface area contributed by atoms with E-state index >= 15 is 0 Å². The highest BCUT2D eigenvalue weighted by atomic mass is 79.9. The maximum atomic E-state index is 12.4. The molecule has 118 valence electrons. The van der Waals surface area contributed by atoms with Gasteiger partial charge in [-0.15, -0.1) is 5.10 Å². The summed E-state index contributed by atoms with van der Waals surface area (Å²) in [5.41, 5.74) is 3.06. The normalized spacial score (nSPS) is 11.0. The molecule has 0 saturated heterocycles. The van der Waals surface area contributed by atoms with E-state index in [1.807, 2.05) is 32.9 Å². The molecule has 1 aromatic carbocycles. The second kappa shape index (κ2) is 5.90. The zero-order valence-electron chi connectivity index (χ0n) is 12.7. The van der Waals surface area contributed by atoms with E-state index in [0.29, 0.717) is 16.5 Å². The highest BCUT2D eigenvalue weighted by molar-refractivity contribution is 9.10. The predicted molar refractivity (Wildman–Crippen MR) is 92.1 cm³/mol. The van der Waals surface area contributed by atoms with Crippen LogP contribution in [0.2, 0.25) is 5.02 Å². The van der Waals surface area contributed by atoms with Gasteiger partial charge in [-0.2, -0.15) is 4.98 Å². The number of amides is 1. The van der Waals surface area contributed by atoms with E-state index in [9.17, 15) is 4.79 Å². The Bertz CT molecular complexity index is 914. The van der Waals surface area contributed by atoms with Crippen LogP contribution in [-0.2, 0) is 0 Å². The fourth-order valence-electron chi connectivity index (χ4n) is 2.29. The number of hydrogen-bond acceptors (Lipinski definition) is 4. The molecule has 0 aliphatic rings. The first-order valence-electron chi connectivity index (χ1n) is 6.83. The first-order valence-corrected chi connectivity index (χ1v) is 8.00. The van der Waals surface area contributed by atoms with Gasteiger partial charge < -0.3 is 5.32 Å². The van der Waals surface area contributed by atoms with Crippen molar-refractivity contribution in [3.05, 3.63) is 50.5 Å². The number of rotatable bonds is 2. The Balaban J connectivity index is 1.97. The number of hydrogen-bond donors (Lipinski definition) is 1. The molecule has 6 nitrogen and oxygen atoms in total. The van der Waals surface area contributed by atoms with Crippen molar-refractivity contribution >= 4 is 44.9 Å². The average molecular weight is 395 g/mol. The van der Waals surface area contributed by atoms with Gasteiger partial charge >= 0.3 is 0 Å². The van der Waals surface area contributed by atoms with Crippen LogP contribution in [0.1, 0.15) is 27.6 Å². The molecule has 8 heteroatoms. The fourth-order valence-corrected chi connectivity index (χ4v) is 3.31. The number of aryl methyl sites for hydroxylation is 3. The second-order valence-electron chi connectivity index (χ2n) is 5.22. The van der Waals surface area contributed by atoms with E-state index in [-0.39, 0.29) is 5.82 Å². The number of carbonyl (C=O) groups excluding carboxylic acids is 1. The van der Waals surface area contributed by atoms with Crippen LogP contribution < -0.4 is 5.32 Å². The van der Waals surface area contributed by atoms with Gasteiger partial charge in [0.1, 0.15) is 0 Å². The average Bonchev–Trinajstić information content (AvgIpc) is 2.86. The van der Waals surface area contributed by atoms with Crippen LogP contribution >= 0.6 is 27.5 Å². The first kappa shape index (κ1) is 15.9. The highest BCUT2D eigenvalue weighted by Gasteiger charge is 2.17. The van der Waals surface area contributed by atoms with E-state index in [1.165, 1.54) is 4.52 Å². The lowest BCUT2D eigenvalue weighted by molar-refractivity contribution is 0.101. The highest BCUT2D eigenvalue weighted by Crippen LogP contribution is 2.30. The number of benzene rings is 1. The lowest BCUT2D eigenvalue weighted by atomic mass is 10.2. The number of anilines is 1. The van der Waals surface area contributed by atoms with E-state index in [1.54, 1.807) is 6.07 Å². The molecule has 1 amide bonds. The first-order chi connectivity index (χ1) is 10.8. The number of nitrogens with zero attached hydrogens (tertiary/aromatic N) is 4. The number of aromatic nitrogens is 4. The molecular formula is C15H13BrClN5O. The molecular weight excluding hydrogens is 382 g/mol. The summed E-state index contributed by atoms with van der Waals surface area (Å²) >= 11 is 9.55. The summed E-state index contributed by atoms with van der Waals surface area (Å²) in [7, 11) is 0. The van der Waals surface area contributed by atoms with Crippen molar-refractivity contribution in [2.24, 2.45) is 0 Å². The van der Waals surface area contributed by atoms with E-state index < -0.39 is 5.91 Å². The van der Waals surface area contributed by atoms with Crippen molar-refractivity contribution < 1.29 is 4.79 Å². The Morgan fingerprint density at radius 1 is 1.22 bits per heavy atom. The van der Waals surface area contributed by atoms with Crippen molar-refractivity contribution in [2.45, 2.75) is 20.8 Å². The standard InChI is InChI=1S/C15H13BrClN5O/c1-7-4-10(16)6-11(17)12(7)19-14(23)13-20-15-18-8(2)5-9(3)22(15)21-13/h4-6H,1-3H3,(H,19,23). The summed E-state index contributed by atoms with van der Waals surface area (Å²) in [6, 6.07) is 5.46. The number of halogens is 2. The largest absolute Gasteiger partial charge is 0.318 e. The molecule has 0 aliphatic carbocycles. The SMILES string of the molecule is Cc1cc(C)n2nc(C(=O)Nc3c(C)cc(Br)cc3Cl)nc2n1. The molecule has 1 N–H and O–H groups in total. The van der Waals surface area contributed by atoms with Crippen molar-refractivity contribution in [3.8, 4) is 0 Å². The molecule has 3 aromatic rings. The zero-order valence-corrected chi connectivity index (χ0v) is 15.0. The lowest BCUT2D eigenvalue weighted by Crippen LogP contribution is -2.15. The molecule has 2 heterocycles. The Labute approximate surface area is 146 Å². The second-order valence-corrected chi connectivity index (χ2v) is 6.54. The van der Waals surface area contributed by atoms with E-state index in [0.717, 1.165) is 21.4 Å². The van der Waals surface area contributed by atoms with Crippen LogP contribution in [0.25, 0.3) is 5.78 Å². The van der Waals surface area contributed by atoms with E-state index in [2.05, 4.69) is 36.3 Å².